The minimum Gasteiger partial charge on any atom is -0.497 e. The second-order valence-electron chi connectivity index (χ2n) is 7.96. The lowest BCUT2D eigenvalue weighted by atomic mass is 9.89. The van der Waals surface area contributed by atoms with Gasteiger partial charge in [0.05, 0.1) is 13.2 Å². The first-order chi connectivity index (χ1) is 13.4. The third-order valence-electron chi connectivity index (χ3n) is 5.88. The van der Waals surface area contributed by atoms with Crippen molar-refractivity contribution in [2.45, 2.75) is 13.0 Å². The molecule has 0 unspecified atom stereocenters. The van der Waals surface area contributed by atoms with Crippen molar-refractivity contribution >= 4 is 12.0 Å². The van der Waals surface area contributed by atoms with Crippen LogP contribution in [-0.4, -0.2) is 71.4 Å². The summed E-state index contributed by atoms with van der Waals surface area (Å²) in [5, 5.41) is 4.39. The maximum atomic E-state index is 12.9. The summed E-state index contributed by atoms with van der Waals surface area (Å²) in [6.45, 7) is 4.43. The van der Waals surface area contributed by atoms with Crippen LogP contribution in [0.1, 0.15) is 17.4 Å². The van der Waals surface area contributed by atoms with Crippen LogP contribution < -0.4 is 9.64 Å². The van der Waals surface area contributed by atoms with E-state index in [1.165, 1.54) is 0 Å². The molecule has 0 radical (unpaired) electrons. The number of anilines is 1. The van der Waals surface area contributed by atoms with Gasteiger partial charge in [-0.3, -0.25) is 0 Å². The molecule has 28 heavy (non-hydrogen) atoms. The quantitative estimate of drug-likeness (QED) is 0.809. The maximum Gasteiger partial charge on any atom is 0.320 e. The molecule has 8 heteroatoms. The van der Waals surface area contributed by atoms with Crippen molar-refractivity contribution in [1.82, 2.24) is 24.6 Å². The molecule has 0 N–H and O–H groups in total. The molecule has 4 rings (SSSR count). The number of methoxy groups -OCH3 is 1. The number of nitrogens with zero attached hydrogens (tertiary/aromatic N) is 6. The Hall–Kier alpha value is -2.77. The highest BCUT2D eigenvalue weighted by atomic mass is 16.5. The highest BCUT2D eigenvalue weighted by Crippen LogP contribution is 2.46. The molecule has 2 aromatic rings. The van der Waals surface area contributed by atoms with Crippen molar-refractivity contribution < 1.29 is 9.53 Å². The first-order valence-electron chi connectivity index (χ1n) is 9.63. The molecule has 0 saturated carbocycles. The molecular weight excluding hydrogens is 356 g/mol. The van der Waals surface area contributed by atoms with Crippen molar-refractivity contribution in [3.05, 3.63) is 35.7 Å². The fourth-order valence-electron chi connectivity index (χ4n) is 4.67. The van der Waals surface area contributed by atoms with Gasteiger partial charge in [0.1, 0.15) is 11.6 Å². The van der Waals surface area contributed by atoms with Crippen molar-refractivity contribution in [2.24, 2.45) is 18.9 Å². The maximum absolute atomic E-state index is 12.9. The van der Waals surface area contributed by atoms with Gasteiger partial charge in [-0.15, -0.1) is 0 Å². The summed E-state index contributed by atoms with van der Waals surface area (Å²) >= 11 is 0. The van der Waals surface area contributed by atoms with Crippen molar-refractivity contribution in [1.29, 1.82) is 0 Å². The first-order valence-corrected chi connectivity index (χ1v) is 9.63. The number of fused-ring (bicyclic) bond motifs is 1. The molecule has 2 amide bonds. The van der Waals surface area contributed by atoms with Gasteiger partial charge in [-0.2, -0.15) is 10.1 Å². The lowest BCUT2D eigenvalue weighted by Crippen LogP contribution is -2.41. The number of aromatic nitrogens is 3. The molecular formula is C20H28N6O2. The van der Waals surface area contributed by atoms with Gasteiger partial charge in [0.25, 0.3) is 0 Å². The summed E-state index contributed by atoms with van der Waals surface area (Å²) in [7, 11) is 7.23. The minimum atomic E-state index is 0.0464. The third kappa shape index (κ3) is 3.06. The fraction of sp³-hybridized carbons (Fsp3) is 0.550. The number of carbonyl (C=O) groups excluding carboxylic acids is 1. The monoisotopic (exact) mass is 384 g/mol. The van der Waals surface area contributed by atoms with Gasteiger partial charge >= 0.3 is 6.03 Å². The molecule has 3 atom stereocenters. The van der Waals surface area contributed by atoms with Crippen LogP contribution in [0.25, 0.3) is 0 Å². The predicted molar refractivity (Wildman–Crippen MR) is 106 cm³/mol. The van der Waals surface area contributed by atoms with E-state index in [0.29, 0.717) is 11.8 Å². The minimum absolute atomic E-state index is 0.0464. The van der Waals surface area contributed by atoms with Gasteiger partial charge < -0.3 is 19.4 Å². The molecule has 8 nitrogen and oxygen atoms in total. The Kier molecular flexibility index (Phi) is 4.64. The van der Waals surface area contributed by atoms with Crippen LogP contribution in [0.5, 0.6) is 5.75 Å². The summed E-state index contributed by atoms with van der Waals surface area (Å²) in [6, 6.07) is 8.22. The Morgan fingerprint density at radius 2 is 1.89 bits per heavy atom. The van der Waals surface area contributed by atoms with Gasteiger partial charge in [-0.25, -0.2) is 9.48 Å². The fourth-order valence-corrected chi connectivity index (χ4v) is 4.67. The highest BCUT2D eigenvalue weighted by Gasteiger charge is 2.50. The molecule has 0 aliphatic carbocycles. The number of benzene rings is 1. The SMILES string of the molecule is COc1ccc([C@H]2[C@@H]3CN(c4nc(C)nn4C)C[C@@H]3CN2C(=O)N(C)C)cc1. The number of hydrogen-bond acceptors (Lipinski definition) is 5. The van der Waals surface area contributed by atoms with Crippen LogP contribution in [0.2, 0.25) is 0 Å². The molecule has 3 heterocycles. The summed E-state index contributed by atoms with van der Waals surface area (Å²) in [6.07, 6.45) is 0. The Morgan fingerprint density at radius 3 is 2.46 bits per heavy atom. The van der Waals surface area contributed by atoms with Crippen LogP contribution in [0.15, 0.2) is 24.3 Å². The van der Waals surface area contributed by atoms with Gasteiger partial charge in [0.2, 0.25) is 5.95 Å². The van der Waals surface area contributed by atoms with E-state index < -0.39 is 0 Å². The molecule has 0 bridgehead atoms. The van der Waals surface area contributed by atoms with E-state index in [1.54, 1.807) is 12.0 Å². The normalized spacial score (nSPS) is 23.8. The van der Waals surface area contributed by atoms with E-state index >= 15 is 0 Å². The molecule has 2 aliphatic heterocycles. The van der Waals surface area contributed by atoms with E-state index in [1.807, 2.05) is 49.8 Å². The summed E-state index contributed by atoms with van der Waals surface area (Å²) < 4.78 is 7.16. The summed E-state index contributed by atoms with van der Waals surface area (Å²) in [5.74, 6) is 3.28. The molecule has 1 aromatic carbocycles. The molecule has 2 saturated heterocycles. The molecule has 0 spiro atoms. The Bertz CT molecular complexity index is 862. The van der Waals surface area contributed by atoms with E-state index in [-0.39, 0.29) is 12.1 Å². The van der Waals surface area contributed by atoms with Gasteiger partial charge in [-0.1, -0.05) is 12.1 Å². The lowest BCUT2D eigenvalue weighted by molar-refractivity contribution is 0.159. The van der Waals surface area contributed by atoms with E-state index in [4.69, 9.17) is 4.74 Å². The molecule has 1 aromatic heterocycles. The average Bonchev–Trinajstić information content (AvgIpc) is 3.32. The Morgan fingerprint density at radius 1 is 1.18 bits per heavy atom. The second kappa shape index (κ2) is 7.00. The second-order valence-corrected chi connectivity index (χ2v) is 7.96. The number of likely N-dealkylation sites (tertiary alicyclic amines) is 1. The number of carbonyl (C=O) groups is 1. The number of urea groups is 1. The van der Waals surface area contributed by atoms with Crippen LogP contribution in [-0.2, 0) is 7.05 Å². The number of amides is 2. The van der Waals surface area contributed by atoms with Gasteiger partial charge in [0.15, 0.2) is 0 Å². The molecule has 2 aliphatic rings. The smallest absolute Gasteiger partial charge is 0.320 e. The average molecular weight is 384 g/mol. The lowest BCUT2D eigenvalue weighted by Gasteiger charge is -2.32. The summed E-state index contributed by atoms with van der Waals surface area (Å²) in [4.78, 5) is 23.5. The van der Waals surface area contributed by atoms with E-state index in [2.05, 4.69) is 27.1 Å². The largest absolute Gasteiger partial charge is 0.497 e. The summed E-state index contributed by atoms with van der Waals surface area (Å²) in [5.41, 5.74) is 1.15. The number of ether oxygens (including phenoxy) is 1. The zero-order valence-corrected chi connectivity index (χ0v) is 17.2. The number of rotatable bonds is 3. The van der Waals surface area contributed by atoms with Crippen LogP contribution in [0.4, 0.5) is 10.7 Å². The topological polar surface area (TPSA) is 66.7 Å². The van der Waals surface area contributed by atoms with Gasteiger partial charge in [-0.05, 0) is 24.6 Å². The van der Waals surface area contributed by atoms with Crippen molar-refractivity contribution in [2.75, 3.05) is 45.7 Å². The molecule has 150 valence electrons. The zero-order valence-electron chi connectivity index (χ0n) is 17.2. The van der Waals surface area contributed by atoms with E-state index in [9.17, 15) is 4.79 Å². The zero-order chi connectivity index (χ0) is 20.0. The third-order valence-corrected chi connectivity index (χ3v) is 5.88. The van der Waals surface area contributed by atoms with Crippen molar-refractivity contribution in [3.8, 4) is 5.75 Å². The van der Waals surface area contributed by atoms with Crippen LogP contribution in [0.3, 0.4) is 0 Å². The highest BCUT2D eigenvalue weighted by molar-refractivity contribution is 5.75. The van der Waals surface area contributed by atoms with E-state index in [0.717, 1.165) is 42.7 Å². The number of aryl methyl sites for hydroxylation is 2. The van der Waals surface area contributed by atoms with Gasteiger partial charge in [0, 0.05) is 52.6 Å². The Balaban J connectivity index is 1.64. The molecule has 2 fully saturated rings. The predicted octanol–water partition coefficient (Wildman–Crippen LogP) is 1.92. The van der Waals surface area contributed by atoms with Crippen LogP contribution in [0, 0.1) is 18.8 Å². The first kappa shape index (κ1) is 18.6. The standard InChI is InChI=1S/C20H28N6O2/c1-13-21-19(24(4)22-13)25-10-15-11-26(20(27)23(2)3)18(17(15)12-25)14-6-8-16(28-5)9-7-14/h6-9,15,17-18H,10-12H2,1-5H3/t15-,17-,18+/m1/s1. The number of hydrogen-bond donors (Lipinski definition) is 0. The van der Waals surface area contributed by atoms with Crippen LogP contribution >= 0.6 is 0 Å². The van der Waals surface area contributed by atoms with Crippen molar-refractivity contribution in [3.63, 3.8) is 0 Å². The Labute approximate surface area is 165 Å².